The Balaban J connectivity index is -0.000000300. The van der Waals surface area contributed by atoms with Gasteiger partial charge in [0.25, 0.3) is 0 Å². The molecule has 0 heterocycles. The van der Waals surface area contributed by atoms with Crippen molar-refractivity contribution in [2.45, 2.75) is 182 Å². The van der Waals surface area contributed by atoms with Gasteiger partial charge >= 0.3 is 23.9 Å². The molecule has 0 amide bonds. The van der Waals surface area contributed by atoms with Crippen molar-refractivity contribution < 1.29 is 19.8 Å². The third-order valence-corrected chi connectivity index (χ3v) is 6.89. The molecule has 0 N–H and O–H groups in total. The summed E-state index contributed by atoms with van der Waals surface area (Å²) in [6.07, 6.45) is 29.3. The fraction of sp³-hybridized carbons (Fsp3) is 0.737. The van der Waals surface area contributed by atoms with Gasteiger partial charge in [0.1, 0.15) is 0 Å². The van der Waals surface area contributed by atoms with Crippen LogP contribution >= 0.6 is 0 Å². The molecule has 0 spiro atoms. The molecule has 1 aromatic rings. The third-order valence-electron chi connectivity index (χ3n) is 6.89. The van der Waals surface area contributed by atoms with E-state index in [1.54, 1.807) is 18.2 Å². The first-order valence-electron chi connectivity index (χ1n) is 17.4. The van der Waals surface area contributed by atoms with E-state index < -0.39 is 11.9 Å². The molecule has 0 aliphatic heterocycles. The zero-order valence-corrected chi connectivity index (χ0v) is 31.7. The first kappa shape index (κ1) is 48.9. The van der Waals surface area contributed by atoms with Gasteiger partial charge in [0.15, 0.2) is 0 Å². The van der Waals surface area contributed by atoms with Crippen LogP contribution < -0.4 is 10.2 Å². The molecule has 43 heavy (non-hydrogen) atoms. The summed E-state index contributed by atoms with van der Waals surface area (Å²) in [6.45, 7) is 15.8. The van der Waals surface area contributed by atoms with Gasteiger partial charge < -0.3 is 19.8 Å². The van der Waals surface area contributed by atoms with Crippen LogP contribution in [0.5, 0.6) is 0 Å². The van der Waals surface area contributed by atoms with Crippen molar-refractivity contribution in [2.24, 2.45) is 0 Å². The zero-order chi connectivity index (χ0) is 32.1. The van der Waals surface area contributed by atoms with Crippen LogP contribution in [-0.4, -0.2) is 35.8 Å². The minimum Gasteiger partial charge on any atom is -0.550 e. The fourth-order valence-electron chi connectivity index (χ4n) is 4.14. The second-order valence-electron chi connectivity index (χ2n) is 11.2. The van der Waals surface area contributed by atoms with E-state index in [0.717, 1.165) is 44.1 Å². The van der Waals surface area contributed by atoms with Crippen LogP contribution in [0.4, 0.5) is 0 Å². The third kappa shape index (κ3) is 45.5. The molecule has 0 atom stereocenters. The zero-order valence-electron chi connectivity index (χ0n) is 28.8. The second kappa shape index (κ2) is 43.1. The molecule has 0 aromatic heterocycles. The number of unbranched alkanes of at least 4 members (excludes halogenated alkanes) is 18. The Labute approximate surface area is 285 Å². The number of aryl methyl sites for hydroxylation is 1. The van der Waals surface area contributed by atoms with Crippen LogP contribution in [0.15, 0.2) is 24.3 Å². The summed E-state index contributed by atoms with van der Waals surface area (Å²) in [4.78, 5) is 20.7. The van der Waals surface area contributed by atoms with Gasteiger partial charge in [0.2, 0.25) is 0 Å². The van der Waals surface area contributed by atoms with E-state index in [4.69, 9.17) is 0 Å². The van der Waals surface area contributed by atoms with Crippen molar-refractivity contribution in [2.75, 3.05) is 0 Å². The Morgan fingerprint density at radius 1 is 0.581 bits per heavy atom. The Morgan fingerprint density at radius 3 is 1.26 bits per heavy atom. The van der Waals surface area contributed by atoms with E-state index in [0.29, 0.717) is 0 Å². The van der Waals surface area contributed by atoms with Crippen molar-refractivity contribution in [3.8, 4) is 0 Å². The molecule has 0 bridgehead atoms. The number of aliphatic carboxylic acids is 1. The van der Waals surface area contributed by atoms with Crippen LogP contribution in [0, 0.1) is 13.8 Å². The molecular weight excluding hydrogens is 639 g/mol. The maximum atomic E-state index is 10.4. The number of hydrogen-bond donors (Lipinski definition) is 0. The van der Waals surface area contributed by atoms with Gasteiger partial charge in [0.05, 0.1) is 5.97 Å². The Kier molecular flexibility index (Phi) is 49.0. The summed E-state index contributed by atoms with van der Waals surface area (Å²) < 4.78 is 0. The molecular formula is C38H68O4Sn. The number of rotatable bonds is 23. The summed E-state index contributed by atoms with van der Waals surface area (Å²) >= 11 is 0. The van der Waals surface area contributed by atoms with Crippen molar-refractivity contribution in [3.05, 3.63) is 49.2 Å². The van der Waals surface area contributed by atoms with Gasteiger partial charge in [-0.15, -0.1) is 0 Å². The van der Waals surface area contributed by atoms with Crippen molar-refractivity contribution in [3.63, 3.8) is 0 Å². The van der Waals surface area contributed by atoms with Crippen molar-refractivity contribution >= 4 is 35.8 Å². The van der Waals surface area contributed by atoms with Gasteiger partial charge in [-0.05, 0) is 36.5 Å². The van der Waals surface area contributed by atoms with E-state index in [9.17, 15) is 19.8 Å². The molecule has 1 aromatic carbocycles. The van der Waals surface area contributed by atoms with Crippen molar-refractivity contribution in [1.82, 2.24) is 0 Å². The minimum absolute atomic E-state index is 0. The SMILES string of the molecule is CCCCCCCCCCCCCCCCCCCC(=O)[O-].CCCc1cccc(C(=O)[O-])c1.[CH2]CCC.[CH2]CCC.[Sn+2]. The fourth-order valence-corrected chi connectivity index (χ4v) is 4.14. The number of benzene rings is 1. The van der Waals surface area contributed by atoms with E-state index >= 15 is 0 Å². The largest absolute Gasteiger partial charge is 2.00 e. The maximum absolute atomic E-state index is 10.4. The molecule has 4 nitrogen and oxygen atoms in total. The van der Waals surface area contributed by atoms with Crippen LogP contribution in [0.3, 0.4) is 0 Å². The summed E-state index contributed by atoms with van der Waals surface area (Å²) in [7, 11) is 0. The Bertz CT molecular complexity index is 670. The monoisotopic (exact) mass is 708 g/mol. The summed E-state index contributed by atoms with van der Waals surface area (Å²) in [5.41, 5.74) is 1.32. The van der Waals surface area contributed by atoms with Crippen LogP contribution in [0.2, 0.25) is 0 Å². The van der Waals surface area contributed by atoms with E-state index in [1.807, 2.05) is 6.07 Å². The number of carboxylic acids is 2. The molecule has 248 valence electrons. The number of carbonyl (C=O) groups excluding carboxylic acids is 2. The van der Waals surface area contributed by atoms with Gasteiger partial charge in [0, 0.05) is 5.97 Å². The summed E-state index contributed by atoms with van der Waals surface area (Å²) in [6, 6.07) is 6.89. The predicted molar refractivity (Wildman–Crippen MR) is 185 cm³/mol. The average Bonchev–Trinajstić information content (AvgIpc) is 2.99. The molecule has 0 aliphatic rings. The second-order valence-corrected chi connectivity index (χ2v) is 11.2. The topological polar surface area (TPSA) is 80.3 Å². The number of hydrogen-bond acceptors (Lipinski definition) is 4. The molecule has 1 rings (SSSR count). The van der Waals surface area contributed by atoms with Gasteiger partial charge in [-0.2, -0.15) is 0 Å². The molecule has 4 radical (unpaired) electrons. The minimum atomic E-state index is -1.10. The smallest absolute Gasteiger partial charge is 0.550 e. The predicted octanol–water partition coefficient (Wildman–Crippen LogP) is 9.64. The van der Waals surface area contributed by atoms with Crippen molar-refractivity contribution in [1.29, 1.82) is 0 Å². The van der Waals surface area contributed by atoms with Crippen LogP contribution in [0.1, 0.15) is 191 Å². The number of carboxylic acid groups (broad SMARTS) is 2. The normalized spacial score (nSPS) is 9.72. The first-order chi connectivity index (χ1) is 20.3. The summed E-state index contributed by atoms with van der Waals surface area (Å²) in [5, 5.41) is 20.7. The van der Waals surface area contributed by atoms with E-state index in [2.05, 4.69) is 41.5 Å². The number of aromatic carboxylic acids is 1. The van der Waals surface area contributed by atoms with E-state index in [-0.39, 0.29) is 35.9 Å². The molecule has 0 unspecified atom stereocenters. The Morgan fingerprint density at radius 2 is 0.953 bits per heavy atom. The number of carbonyl (C=O) groups is 2. The standard InChI is InChI=1S/C20H40O2.C10H12O2.2C4H9.Sn/c1-2-3-4-5-6-7-8-9-10-11-12-13-14-15-16-17-18-19-20(21)22;1-2-4-8-5-3-6-9(7-8)10(11)12;2*1-3-4-2;/h2-19H2,1H3,(H,21,22);3,5-7H,2,4H2,1H3,(H,11,12);2*1,3-4H2,2H3;/q;;;;+2/p-2. The van der Waals surface area contributed by atoms with Crippen LogP contribution in [0.25, 0.3) is 0 Å². The van der Waals surface area contributed by atoms with Gasteiger partial charge in [-0.3, -0.25) is 0 Å². The van der Waals surface area contributed by atoms with Gasteiger partial charge in [-0.25, -0.2) is 0 Å². The molecule has 0 fully saturated rings. The first-order valence-corrected chi connectivity index (χ1v) is 17.4. The molecule has 0 aliphatic carbocycles. The van der Waals surface area contributed by atoms with Crippen LogP contribution in [-0.2, 0) is 11.2 Å². The van der Waals surface area contributed by atoms with Gasteiger partial charge in [-0.1, -0.05) is 195 Å². The average molecular weight is 708 g/mol. The molecule has 0 saturated heterocycles. The van der Waals surface area contributed by atoms with E-state index in [1.165, 1.54) is 109 Å². The summed E-state index contributed by atoms with van der Waals surface area (Å²) in [5.74, 6) is -2.01. The molecule has 5 heteroatoms. The maximum Gasteiger partial charge on any atom is 2.00 e. The molecule has 0 saturated carbocycles. The Hall–Kier alpha value is -1.04. The quantitative estimate of drug-likeness (QED) is 0.0839.